The van der Waals surface area contributed by atoms with Crippen molar-refractivity contribution in [1.82, 2.24) is 0 Å². The van der Waals surface area contributed by atoms with Gasteiger partial charge < -0.3 is 24.7 Å². The molecule has 0 aliphatic carbocycles. The van der Waals surface area contributed by atoms with E-state index in [9.17, 15) is 0 Å². The minimum atomic E-state index is 0.193. The van der Waals surface area contributed by atoms with Gasteiger partial charge >= 0.3 is 0 Å². The molecule has 2 rings (SSSR count). The van der Waals surface area contributed by atoms with E-state index in [1.54, 1.807) is 28.4 Å². The standard InChI is InChI=1S/C19H25NO4/c1-21-16-7-5-14(6-8-16)15(12-20)9-13-10-17(22-2)19(24-4)18(11-13)23-3/h5-8,10-11,15H,9,12,20H2,1-4H3. The van der Waals surface area contributed by atoms with Crippen molar-refractivity contribution >= 4 is 0 Å². The maximum atomic E-state index is 6.00. The zero-order chi connectivity index (χ0) is 17.5. The van der Waals surface area contributed by atoms with Crippen LogP contribution in [-0.2, 0) is 6.42 Å². The van der Waals surface area contributed by atoms with Gasteiger partial charge in [0.2, 0.25) is 5.75 Å². The fourth-order valence-corrected chi connectivity index (χ4v) is 2.75. The van der Waals surface area contributed by atoms with Crippen molar-refractivity contribution in [2.24, 2.45) is 5.73 Å². The lowest BCUT2D eigenvalue weighted by atomic mass is 9.91. The Kier molecular flexibility index (Phi) is 6.32. The molecule has 2 N–H and O–H groups in total. The smallest absolute Gasteiger partial charge is 0.203 e. The number of benzene rings is 2. The second-order valence-electron chi connectivity index (χ2n) is 5.44. The molecule has 24 heavy (non-hydrogen) atoms. The Labute approximate surface area is 143 Å². The lowest BCUT2D eigenvalue weighted by Crippen LogP contribution is -2.15. The number of hydrogen-bond donors (Lipinski definition) is 1. The van der Waals surface area contributed by atoms with Gasteiger partial charge in [-0.15, -0.1) is 0 Å². The van der Waals surface area contributed by atoms with Crippen molar-refractivity contribution < 1.29 is 18.9 Å². The van der Waals surface area contributed by atoms with Crippen LogP contribution in [0.25, 0.3) is 0 Å². The normalized spacial score (nSPS) is 11.7. The predicted molar refractivity (Wildman–Crippen MR) is 94.6 cm³/mol. The molecule has 1 atom stereocenters. The number of rotatable bonds is 8. The van der Waals surface area contributed by atoms with Gasteiger partial charge in [-0.2, -0.15) is 0 Å². The first-order valence-corrected chi connectivity index (χ1v) is 7.79. The summed E-state index contributed by atoms with van der Waals surface area (Å²) in [5.74, 6) is 2.92. The van der Waals surface area contributed by atoms with Crippen LogP contribution >= 0.6 is 0 Å². The van der Waals surface area contributed by atoms with Gasteiger partial charge in [0, 0.05) is 5.92 Å². The molecule has 0 amide bonds. The molecule has 0 aliphatic heterocycles. The first-order chi connectivity index (χ1) is 11.7. The van der Waals surface area contributed by atoms with Crippen LogP contribution < -0.4 is 24.7 Å². The molecule has 0 fully saturated rings. The average molecular weight is 331 g/mol. The molecule has 0 saturated heterocycles. The highest BCUT2D eigenvalue weighted by Crippen LogP contribution is 2.39. The summed E-state index contributed by atoms with van der Waals surface area (Å²) in [4.78, 5) is 0. The number of ether oxygens (including phenoxy) is 4. The van der Waals surface area contributed by atoms with Gasteiger partial charge in [0.05, 0.1) is 28.4 Å². The maximum Gasteiger partial charge on any atom is 0.203 e. The molecule has 0 saturated carbocycles. The first-order valence-electron chi connectivity index (χ1n) is 7.79. The van der Waals surface area contributed by atoms with E-state index in [2.05, 4.69) is 0 Å². The summed E-state index contributed by atoms with van der Waals surface area (Å²) in [6, 6.07) is 11.9. The van der Waals surface area contributed by atoms with Gasteiger partial charge in [-0.05, 0) is 48.4 Å². The zero-order valence-electron chi connectivity index (χ0n) is 14.7. The molecule has 0 heterocycles. The molecule has 2 aromatic carbocycles. The summed E-state index contributed by atoms with van der Waals surface area (Å²) in [5, 5.41) is 0. The molecular formula is C19H25NO4. The highest BCUT2D eigenvalue weighted by atomic mass is 16.5. The average Bonchev–Trinajstić information content (AvgIpc) is 2.65. The molecule has 0 radical (unpaired) electrons. The van der Waals surface area contributed by atoms with E-state index in [1.165, 1.54) is 5.56 Å². The molecule has 1 unspecified atom stereocenters. The maximum absolute atomic E-state index is 6.00. The van der Waals surface area contributed by atoms with Crippen LogP contribution in [0.5, 0.6) is 23.0 Å². The molecule has 5 nitrogen and oxygen atoms in total. The Morgan fingerprint density at radius 2 is 1.42 bits per heavy atom. The van der Waals surface area contributed by atoms with Crippen LogP contribution in [0.3, 0.4) is 0 Å². The summed E-state index contributed by atoms with van der Waals surface area (Å²) in [6.07, 6.45) is 0.777. The predicted octanol–water partition coefficient (Wildman–Crippen LogP) is 3.01. The van der Waals surface area contributed by atoms with Crippen LogP contribution in [0, 0.1) is 0 Å². The molecule has 0 aromatic heterocycles. The van der Waals surface area contributed by atoms with E-state index >= 15 is 0 Å². The molecule has 130 valence electrons. The number of hydrogen-bond acceptors (Lipinski definition) is 5. The van der Waals surface area contributed by atoms with Crippen LogP contribution in [0.4, 0.5) is 0 Å². The molecule has 2 aromatic rings. The fraction of sp³-hybridized carbons (Fsp3) is 0.368. The minimum absolute atomic E-state index is 0.193. The fourth-order valence-electron chi connectivity index (χ4n) is 2.75. The Morgan fingerprint density at radius 3 is 1.83 bits per heavy atom. The van der Waals surface area contributed by atoms with Crippen LogP contribution in [0.1, 0.15) is 17.0 Å². The van der Waals surface area contributed by atoms with Gasteiger partial charge in [-0.1, -0.05) is 12.1 Å². The summed E-state index contributed by atoms with van der Waals surface area (Å²) in [7, 11) is 6.49. The van der Waals surface area contributed by atoms with Gasteiger partial charge in [-0.3, -0.25) is 0 Å². The highest BCUT2D eigenvalue weighted by molar-refractivity contribution is 5.54. The molecule has 0 aliphatic rings. The van der Waals surface area contributed by atoms with Crippen LogP contribution in [-0.4, -0.2) is 35.0 Å². The largest absolute Gasteiger partial charge is 0.497 e. The summed E-state index contributed by atoms with van der Waals surface area (Å²) >= 11 is 0. The highest BCUT2D eigenvalue weighted by Gasteiger charge is 2.17. The van der Waals surface area contributed by atoms with Crippen molar-refractivity contribution in [2.45, 2.75) is 12.3 Å². The van der Waals surface area contributed by atoms with E-state index in [1.807, 2.05) is 36.4 Å². The molecule has 0 bridgehead atoms. The molecule has 5 heteroatoms. The van der Waals surface area contributed by atoms with Gasteiger partial charge in [-0.25, -0.2) is 0 Å². The van der Waals surface area contributed by atoms with E-state index < -0.39 is 0 Å². The Morgan fingerprint density at radius 1 is 0.833 bits per heavy atom. The van der Waals surface area contributed by atoms with E-state index in [0.717, 1.165) is 17.7 Å². The van der Waals surface area contributed by atoms with Crippen molar-refractivity contribution in [3.8, 4) is 23.0 Å². The van der Waals surface area contributed by atoms with E-state index in [4.69, 9.17) is 24.7 Å². The SMILES string of the molecule is COc1ccc(C(CN)Cc2cc(OC)c(OC)c(OC)c2)cc1. The van der Waals surface area contributed by atoms with Crippen molar-refractivity contribution in [3.05, 3.63) is 47.5 Å². The number of methoxy groups -OCH3 is 4. The van der Waals surface area contributed by atoms with E-state index in [-0.39, 0.29) is 5.92 Å². The van der Waals surface area contributed by atoms with Gasteiger partial charge in [0.25, 0.3) is 0 Å². The third-order valence-electron chi connectivity index (χ3n) is 4.08. The first kappa shape index (κ1) is 17.9. The zero-order valence-corrected chi connectivity index (χ0v) is 14.7. The van der Waals surface area contributed by atoms with Gasteiger partial charge in [0.15, 0.2) is 11.5 Å². The Hall–Kier alpha value is -2.40. The van der Waals surface area contributed by atoms with Crippen molar-refractivity contribution in [3.63, 3.8) is 0 Å². The van der Waals surface area contributed by atoms with Crippen molar-refractivity contribution in [1.29, 1.82) is 0 Å². The summed E-state index contributed by atoms with van der Waals surface area (Å²) < 4.78 is 21.4. The minimum Gasteiger partial charge on any atom is -0.497 e. The monoisotopic (exact) mass is 331 g/mol. The second kappa shape index (κ2) is 8.45. The van der Waals surface area contributed by atoms with Crippen LogP contribution in [0.15, 0.2) is 36.4 Å². The third kappa shape index (κ3) is 3.92. The van der Waals surface area contributed by atoms with Gasteiger partial charge in [0.1, 0.15) is 5.75 Å². The second-order valence-corrected chi connectivity index (χ2v) is 5.44. The Balaban J connectivity index is 2.29. The Bertz CT molecular complexity index is 630. The lowest BCUT2D eigenvalue weighted by molar-refractivity contribution is 0.323. The molecular weight excluding hydrogens is 306 g/mol. The van der Waals surface area contributed by atoms with E-state index in [0.29, 0.717) is 23.8 Å². The third-order valence-corrected chi connectivity index (χ3v) is 4.08. The topological polar surface area (TPSA) is 62.9 Å². The van der Waals surface area contributed by atoms with Crippen LogP contribution in [0.2, 0.25) is 0 Å². The lowest BCUT2D eigenvalue weighted by Gasteiger charge is -2.18. The summed E-state index contributed by atoms with van der Waals surface area (Å²) in [6.45, 7) is 0.545. The summed E-state index contributed by atoms with van der Waals surface area (Å²) in [5.41, 5.74) is 8.25. The quantitative estimate of drug-likeness (QED) is 0.805. The molecule has 0 spiro atoms. The number of nitrogens with two attached hydrogens (primary N) is 1. The van der Waals surface area contributed by atoms with Crippen molar-refractivity contribution in [2.75, 3.05) is 35.0 Å².